The Hall–Kier alpha value is -0.340. The van der Waals surface area contributed by atoms with Crippen LogP contribution in [0.4, 0.5) is 0 Å². The molecule has 2 nitrogen and oxygen atoms in total. The fourth-order valence-corrected chi connectivity index (χ4v) is 1.65. The zero-order valence-corrected chi connectivity index (χ0v) is 8.05. The molecule has 0 aromatic rings. The number of nitrogens with zero attached hydrogens (tertiary/aromatic N) is 1. The van der Waals surface area contributed by atoms with E-state index in [1.54, 1.807) is 0 Å². The third-order valence-electron chi connectivity index (χ3n) is 2.49. The Kier molecular flexibility index (Phi) is 4.33. The molecule has 1 rings (SSSR count). The first-order valence-electron chi connectivity index (χ1n) is 4.90. The van der Waals surface area contributed by atoms with Gasteiger partial charge in [-0.15, -0.1) is 6.58 Å². The predicted molar refractivity (Wildman–Crippen MR) is 53.3 cm³/mol. The Labute approximate surface area is 75.6 Å². The van der Waals surface area contributed by atoms with Crippen molar-refractivity contribution in [2.75, 3.05) is 26.2 Å². The first kappa shape index (κ1) is 9.75. The highest BCUT2D eigenvalue weighted by molar-refractivity contribution is 4.76. The summed E-state index contributed by atoms with van der Waals surface area (Å²) in [4.78, 5) is 2.56. The molecule has 0 amide bonds. The fourth-order valence-electron chi connectivity index (χ4n) is 1.65. The molecule has 0 aromatic carbocycles. The average Bonchev–Trinajstić information content (AvgIpc) is 2.09. The maximum atomic E-state index is 3.73. The van der Waals surface area contributed by atoms with Crippen LogP contribution in [-0.4, -0.2) is 37.1 Å². The Morgan fingerprint density at radius 3 is 3.17 bits per heavy atom. The van der Waals surface area contributed by atoms with Gasteiger partial charge in [0.05, 0.1) is 0 Å². The molecule has 12 heavy (non-hydrogen) atoms. The monoisotopic (exact) mass is 168 g/mol. The van der Waals surface area contributed by atoms with E-state index in [2.05, 4.69) is 23.7 Å². The van der Waals surface area contributed by atoms with Gasteiger partial charge < -0.3 is 5.32 Å². The van der Waals surface area contributed by atoms with Crippen LogP contribution in [0.3, 0.4) is 0 Å². The van der Waals surface area contributed by atoms with Crippen LogP contribution in [0.2, 0.25) is 0 Å². The average molecular weight is 168 g/mol. The number of piperazine rings is 1. The molecular formula is C10H20N2. The molecule has 0 unspecified atom stereocenters. The number of unbranched alkanes of at least 4 members (excludes halogenated alkanes) is 1. The van der Waals surface area contributed by atoms with Crippen molar-refractivity contribution in [1.82, 2.24) is 10.2 Å². The van der Waals surface area contributed by atoms with Crippen molar-refractivity contribution < 1.29 is 0 Å². The molecule has 0 saturated carbocycles. The van der Waals surface area contributed by atoms with Crippen LogP contribution in [0.25, 0.3) is 0 Å². The van der Waals surface area contributed by atoms with Gasteiger partial charge in [0, 0.05) is 25.7 Å². The molecule has 1 saturated heterocycles. The van der Waals surface area contributed by atoms with Gasteiger partial charge >= 0.3 is 0 Å². The second-order valence-corrected chi connectivity index (χ2v) is 3.52. The lowest BCUT2D eigenvalue weighted by molar-refractivity contribution is 0.172. The maximum Gasteiger partial charge on any atom is 0.0192 e. The minimum atomic E-state index is 0.712. The van der Waals surface area contributed by atoms with Gasteiger partial charge in [-0.1, -0.05) is 6.08 Å². The van der Waals surface area contributed by atoms with Gasteiger partial charge in [0.15, 0.2) is 0 Å². The molecule has 1 N–H and O–H groups in total. The highest BCUT2D eigenvalue weighted by atomic mass is 15.2. The predicted octanol–water partition coefficient (Wildman–Crippen LogP) is 1.25. The van der Waals surface area contributed by atoms with Crippen molar-refractivity contribution in [3.8, 4) is 0 Å². The van der Waals surface area contributed by atoms with Crippen molar-refractivity contribution in [2.24, 2.45) is 0 Å². The van der Waals surface area contributed by atoms with Gasteiger partial charge in [0.25, 0.3) is 0 Å². The normalized spacial score (nSPS) is 25.6. The van der Waals surface area contributed by atoms with Crippen molar-refractivity contribution in [2.45, 2.75) is 25.8 Å². The quantitative estimate of drug-likeness (QED) is 0.502. The fraction of sp³-hybridized carbons (Fsp3) is 0.800. The van der Waals surface area contributed by atoms with Gasteiger partial charge in [-0.25, -0.2) is 0 Å². The minimum Gasteiger partial charge on any atom is -0.314 e. The van der Waals surface area contributed by atoms with Crippen molar-refractivity contribution in [3.05, 3.63) is 12.7 Å². The third kappa shape index (κ3) is 2.95. The van der Waals surface area contributed by atoms with E-state index in [1.807, 2.05) is 6.08 Å². The topological polar surface area (TPSA) is 15.3 Å². The molecule has 1 aliphatic rings. The molecule has 0 bridgehead atoms. The van der Waals surface area contributed by atoms with Gasteiger partial charge in [-0.05, 0) is 26.3 Å². The number of hydrogen-bond donors (Lipinski definition) is 1. The summed E-state index contributed by atoms with van der Waals surface area (Å²) in [6.45, 7) is 10.8. The lowest BCUT2D eigenvalue weighted by Crippen LogP contribution is -2.49. The Bertz CT molecular complexity index is 134. The number of allylic oxidation sites excluding steroid dienone is 1. The van der Waals surface area contributed by atoms with Crippen LogP contribution in [0.5, 0.6) is 0 Å². The van der Waals surface area contributed by atoms with Crippen LogP contribution in [0.1, 0.15) is 19.8 Å². The third-order valence-corrected chi connectivity index (χ3v) is 2.49. The van der Waals surface area contributed by atoms with Crippen molar-refractivity contribution in [1.29, 1.82) is 0 Å². The molecule has 1 atom stereocenters. The lowest BCUT2D eigenvalue weighted by atomic mass is 10.2. The van der Waals surface area contributed by atoms with E-state index in [4.69, 9.17) is 0 Å². The number of rotatable bonds is 4. The molecule has 1 aliphatic heterocycles. The molecule has 1 fully saturated rings. The van der Waals surface area contributed by atoms with Crippen molar-refractivity contribution in [3.63, 3.8) is 0 Å². The Morgan fingerprint density at radius 1 is 1.67 bits per heavy atom. The van der Waals surface area contributed by atoms with Crippen LogP contribution >= 0.6 is 0 Å². The molecule has 0 aliphatic carbocycles. The smallest absolute Gasteiger partial charge is 0.0192 e. The molecule has 1 heterocycles. The summed E-state index contributed by atoms with van der Waals surface area (Å²) in [7, 11) is 0. The van der Waals surface area contributed by atoms with Crippen LogP contribution in [0.15, 0.2) is 12.7 Å². The molecule has 0 radical (unpaired) electrons. The molecule has 70 valence electrons. The Balaban J connectivity index is 2.15. The standard InChI is InChI=1S/C10H20N2/c1-3-4-5-7-12-8-6-11-9-10(12)2/h3,10-11H,1,4-9H2,2H3/t10-/m1/s1. The van der Waals surface area contributed by atoms with Gasteiger partial charge in [-0.3, -0.25) is 4.90 Å². The summed E-state index contributed by atoms with van der Waals surface area (Å²) in [5.74, 6) is 0. The number of nitrogens with one attached hydrogen (secondary N) is 1. The van der Waals surface area contributed by atoms with Crippen LogP contribution < -0.4 is 5.32 Å². The van der Waals surface area contributed by atoms with E-state index in [0.29, 0.717) is 6.04 Å². The second kappa shape index (κ2) is 5.33. The maximum absolute atomic E-state index is 3.73. The lowest BCUT2D eigenvalue weighted by Gasteiger charge is -2.33. The molecule has 0 spiro atoms. The van der Waals surface area contributed by atoms with Gasteiger partial charge in [0.1, 0.15) is 0 Å². The van der Waals surface area contributed by atoms with Gasteiger partial charge in [-0.2, -0.15) is 0 Å². The first-order valence-corrected chi connectivity index (χ1v) is 4.90. The largest absolute Gasteiger partial charge is 0.314 e. The van der Waals surface area contributed by atoms with E-state index in [-0.39, 0.29) is 0 Å². The molecule has 0 aromatic heterocycles. The van der Waals surface area contributed by atoms with E-state index in [0.717, 1.165) is 19.5 Å². The SMILES string of the molecule is C=CCCCN1CCNC[C@H]1C. The summed E-state index contributed by atoms with van der Waals surface area (Å²) in [6.07, 6.45) is 4.41. The molecular weight excluding hydrogens is 148 g/mol. The highest BCUT2D eigenvalue weighted by Gasteiger charge is 2.16. The van der Waals surface area contributed by atoms with E-state index < -0.39 is 0 Å². The van der Waals surface area contributed by atoms with Gasteiger partial charge in [0.2, 0.25) is 0 Å². The van der Waals surface area contributed by atoms with E-state index in [1.165, 1.54) is 19.5 Å². The van der Waals surface area contributed by atoms with Crippen LogP contribution in [0, 0.1) is 0 Å². The van der Waals surface area contributed by atoms with Crippen LogP contribution in [-0.2, 0) is 0 Å². The number of hydrogen-bond acceptors (Lipinski definition) is 2. The molecule has 2 heteroatoms. The summed E-state index contributed by atoms with van der Waals surface area (Å²) < 4.78 is 0. The summed E-state index contributed by atoms with van der Waals surface area (Å²) in [5.41, 5.74) is 0. The Morgan fingerprint density at radius 2 is 2.50 bits per heavy atom. The minimum absolute atomic E-state index is 0.712. The first-order chi connectivity index (χ1) is 5.84. The second-order valence-electron chi connectivity index (χ2n) is 3.52. The van der Waals surface area contributed by atoms with E-state index in [9.17, 15) is 0 Å². The summed E-state index contributed by atoms with van der Waals surface area (Å²) >= 11 is 0. The zero-order valence-electron chi connectivity index (χ0n) is 8.05. The highest BCUT2D eigenvalue weighted by Crippen LogP contribution is 2.04. The van der Waals surface area contributed by atoms with Crippen molar-refractivity contribution >= 4 is 0 Å². The summed E-state index contributed by atoms with van der Waals surface area (Å²) in [6, 6.07) is 0.712. The zero-order chi connectivity index (χ0) is 8.81. The van der Waals surface area contributed by atoms with E-state index >= 15 is 0 Å². The summed E-state index contributed by atoms with van der Waals surface area (Å²) in [5, 5.41) is 3.39.